The van der Waals surface area contributed by atoms with Gasteiger partial charge in [-0.05, 0) is 62.1 Å². The number of benzene rings is 2. The van der Waals surface area contributed by atoms with Crippen LogP contribution < -0.4 is 10.3 Å². The summed E-state index contributed by atoms with van der Waals surface area (Å²) in [6.45, 7) is 5.21. The quantitative estimate of drug-likeness (QED) is 0.319. The minimum absolute atomic E-state index is 0.121. The third-order valence-electron chi connectivity index (χ3n) is 6.29. The Kier molecular flexibility index (Phi) is 6.93. The minimum atomic E-state index is -0.667. The number of halogens is 1. The number of aromatic amines is 1. The van der Waals surface area contributed by atoms with Crippen LogP contribution in [0, 0.1) is 13.8 Å². The maximum atomic E-state index is 13.1. The molecule has 1 unspecified atom stereocenters. The van der Waals surface area contributed by atoms with Crippen LogP contribution in [-0.4, -0.2) is 45.3 Å². The number of nitrogens with one attached hydrogen (secondary N) is 1. The number of hydrogen-bond donors (Lipinski definition) is 2. The van der Waals surface area contributed by atoms with Gasteiger partial charge in [-0.3, -0.25) is 9.69 Å². The second-order valence-electron chi connectivity index (χ2n) is 9.24. The van der Waals surface area contributed by atoms with Gasteiger partial charge in [0, 0.05) is 28.6 Å². The van der Waals surface area contributed by atoms with Crippen molar-refractivity contribution in [2.45, 2.75) is 45.4 Å². The molecule has 2 aromatic heterocycles. The number of rotatable bonds is 9. The Bertz CT molecular complexity index is 1400. The monoisotopic (exact) mass is 509 g/mol. The molecule has 1 fully saturated rings. The third kappa shape index (κ3) is 5.59. The molecule has 4 aromatic rings. The van der Waals surface area contributed by atoms with E-state index in [0.717, 1.165) is 39.9 Å². The summed E-state index contributed by atoms with van der Waals surface area (Å²) in [5.41, 5.74) is 4.17. The predicted octanol–water partition coefficient (Wildman–Crippen LogP) is 5.33. The van der Waals surface area contributed by atoms with Crippen molar-refractivity contribution in [3.05, 3.63) is 80.2 Å². The fraction of sp³-hybridized carbons (Fsp3) is 0.333. The third-order valence-corrected chi connectivity index (χ3v) is 7.42. The molecule has 182 valence electrons. The minimum Gasteiger partial charge on any atom is -0.491 e. The second-order valence-corrected chi connectivity index (χ2v) is 10.5. The topological polar surface area (TPSA) is 78.5 Å². The molecule has 1 atom stereocenters. The highest BCUT2D eigenvalue weighted by Crippen LogP contribution is 2.34. The number of aliphatic hydroxyl groups excluding tert-OH is 1. The average Bonchev–Trinajstić information content (AvgIpc) is 3.59. The normalized spacial score (nSPS) is 14.5. The molecule has 2 N–H and O–H groups in total. The maximum Gasteiger partial charge on any atom is 0.260 e. The number of hydrogen-bond acceptors (Lipinski definition) is 6. The van der Waals surface area contributed by atoms with Gasteiger partial charge in [0.2, 0.25) is 0 Å². The second kappa shape index (κ2) is 10.1. The van der Waals surface area contributed by atoms with Gasteiger partial charge in [0.05, 0.1) is 11.9 Å². The van der Waals surface area contributed by atoms with Gasteiger partial charge in [0.25, 0.3) is 5.56 Å². The molecule has 0 spiro atoms. The Balaban J connectivity index is 1.31. The summed E-state index contributed by atoms with van der Waals surface area (Å²) in [7, 11) is 0. The number of H-pyrrole nitrogens is 1. The Morgan fingerprint density at radius 3 is 2.71 bits per heavy atom. The first-order valence-electron chi connectivity index (χ1n) is 11.8. The predicted molar refractivity (Wildman–Crippen MR) is 142 cm³/mol. The summed E-state index contributed by atoms with van der Waals surface area (Å²) in [4.78, 5) is 23.8. The number of nitrogens with zero attached hydrogens (tertiary/aromatic N) is 2. The van der Waals surface area contributed by atoms with Crippen LogP contribution in [0.1, 0.15) is 29.8 Å². The van der Waals surface area contributed by atoms with Crippen LogP contribution >= 0.6 is 22.9 Å². The van der Waals surface area contributed by atoms with E-state index >= 15 is 0 Å². The van der Waals surface area contributed by atoms with Crippen LogP contribution in [0.25, 0.3) is 21.3 Å². The van der Waals surface area contributed by atoms with Gasteiger partial charge in [-0.25, -0.2) is 4.98 Å². The standard InChI is InChI=1S/C27H28ClN3O3S/c1-16-3-4-17(2)22(11-16)23-15-35-27-25(23)26(33)29-24(30-27)13-31(19-7-8-19)12-20(32)14-34-21-9-5-18(28)6-10-21/h3-6,9-11,15,19-20,32H,7-8,12-14H2,1-2H3,(H,29,30,33). The van der Waals surface area contributed by atoms with Crippen LogP contribution in [0.15, 0.2) is 52.6 Å². The van der Waals surface area contributed by atoms with Crippen LogP contribution in [0.4, 0.5) is 0 Å². The number of fused-ring (bicyclic) bond motifs is 1. The highest BCUT2D eigenvalue weighted by molar-refractivity contribution is 7.17. The molecule has 35 heavy (non-hydrogen) atoms. The van der Waals surface area contributed by atoms with E-state index in [0.29, 0.717) is 41.1 Å². The number of thiophene rings is 1. The number of ether oxygens (including phenoxy) is 1. The number of aromatic nitrogens is 2. The van der Waals surface area contributed by atoms with Crippen molar-refractivity contribution in [1.29, 1.82) is 0 Å². The Labute approximate surface area is 213 Å². The van der Waals surface area contributed by atoms with E-state index in [4.69, 9.17) is 21.3 Å². The van der Waals surface area contributed by atoms with E-state index in [1.165, 1.54) is 11.3 Å². The Morgan fingerprint density at radius 1 is 1.20 bits per heavy atom. The first-order valence-corrected chi connectivity index (χ1v) is 13.0. The first-order chi connectivity index (χ1) is 16.9. The maximum absolute atomic E-state index is 13.1. The number of aryl methyl sites for hydroxylation is 2. The average molecular weight is 510 g/mol. The highest BCUT2D eigenvalue weighted by atomic mass is 35.5. The molecule has 2 aromatic carbocycles. The number of aliphatic hydroxyl groups is 1. The lowest BCUT2D eigenvalue weighted by Crippen LogP contribution is -2.37. The van der Waals surface area contributed by atoms with Crippen LogP contribution in [0.3, 0.4) is 0 Å². The molecule has 8 heteroatoms. The zero-order valence-corrected chi connectivity index (χ0v) is 21.3. The fourth-order valence-corrected chi connectivity index (χ4v) is 5.40. The van der Waals surface area contributed by atoms with Crippen molar-refractivity contribution < 1.29 is 9.84 Å². The van der Waals surface area contributed by atoms with Gasteiger partial charge in [-0.1, -0.05) is 35.4 Å². The van der Waals surface area contributed by atoms with Gasteiger partial charge in [-0.2, -0.15) is 0 Å². The van der Waals surface area contributed by atoms with Crippen molar-refractivity contribution >= 4 is 33.2 Å². The van der Waals surface area contributed by atoms with Gasteiger partial charge in [0.15, 0.2) is 0 Å². The van der Waals surface area contributed by atoms with E-state index < -0.39 is 6.10 Å². The van der Waals surface area contributed by atoms with Crippen molar-refractivity contribution in [1.82, 2.24) is 14.9 Å². The Hall–Kier alpha value is -2.71. The van der Waals surface area contributed by atoms with Gasteiger partial charge in [0.1, 0.15) is 29.1 Å². The van der Waals surface area contributed by atoms with Crippen molar-refractivity contribution in [2.24, 2.45) is 0 Å². The lowest BCUT2D eigenvalue weighted by Gasteiger charge is -2.24. The summed E-state index contributed by atoms with van der Waals surface area (Å²) in [5, 5.41) is 13.9. The zero-order valence-electron chi connectivity index (χ0n) is 19.8. The molecule has 0 radical (unpaired) electrons. The summed E-state index contributed by atoms with van der Waals surface area (Å²) in [6.07, 6.45) is 1.49. The van der Waals surface area contributed by atoms with E-state index in [9.17, 15) is 9.90 Å². The molecule has 0 bridgehead atoms. The molecule has 6 nitrogen and oxygen atoms in total. The molecule has 1 saturated carbocycles. The van der Waals surface area contributed by atoms with E-state index in [1.807, 2.05) is 5.38 Å². The summed E-state index contributed by atoms with van der Waals surface area (Å²) in [6, 6.07) is 13.7. The molecule has 1 aliphatic rings. The molecular formula is C27H28ClN3O3S. The molecule has 0 amide bonds. The van der Waals surface area contributed by atoms with Gasteiger partial charge < -0.3 is 14.8 Å². The van der Waals surface area contributed by atoms with Crippen LogP contribution in [0.2, 0.25) is 5.02 Å². The molecular weight excluding hydrogens is 482 g/mol. The molecule has 0 saturated heterocycles. The molecule has 0 aliphatic heterocycles. The summed E-state index contributed by atoms with van der Waals surface area (Å²) in [5.74, 6) is 1.29. The largest absolute Gasteiger partial charge is 0.491 e. The van der Waals surface area contributed by atoms with Gasteiger partial charge in [-0.15, -0.1) is 11.3 Å². The molecule has 5 rings (SSSR count). The first kappa shape index (κ1) is 24.0. The highest BCUT2D eigenvalue weighted by Gasteiger charge is 2.31. The van der Waals surface area contributed by atoms with Gasteiger partial charge >= 0.3 is 0 Å². The lowest BCUT2D eigenvalue weighted by atomic mass is 9.99. The smallest absolute Gasteiger partial charge is 0.260 e. The van der Waals surface area contributed by atoms with E-state index in [1.54, 1.807) is 24.3 Å². The zero-order chi connectivity index (χ0) is 24.5. The van der Waals surface area contributed by atoms with Crippen molar-refractivity contribution in [2.75, 3.05) is 13.2 Å². The summed E-state index contributed by atoms with van der Waals surface area (Å²) >= 11 is 7.41. The van der Waals surface area contributed by atoms with E-state index in [2.05, 4.69) is 41.9 Å². The molecule has 2 heterocycles. The SMILES string of the molecule is Cc1ccc(C)c(-c2csc3nc(CN(CC(O)COc4ccc(Cl)cc4)C4CC4)[nH]c(=O)c23)c1. The Morgan fingerprint density at radius 2 is 1.97 bits per heavy atom. The van der Waals surface area contributed by atoms with E-state index in [-0.39, 0.29) is 12.2 Å². The van der Waals surface area contributed by atoms with Crippen molar-refractivity contribution in [3.8, 4) is 16.9 Å². The van der Waals surface area contributed by atoms with Crippen LogP contribution in [-0.2, 0) is 6.54 Å². The van der Waals surface area contributed by atoms with Crippen molar-refractivity contribution in [3.63, 3.8) is 0 Å². The lowest BCUT2D eigenvalue weighted by molar-refractivity contribution is 0.0617. The fourth-order valence-electron chi connectivity index (χ4n) is 4.31. The van der Waals surface area contributed by atoms with Crippen LogP contribution in [0.5, 0.6) is 5.75 Å². The summed E-state index contributed by atoms with van der Waals surface area (Å²) < 4.78 is 5.71. The molecule has 1 aliphatic carbocycles.